The maximum Gasteiger partial charge on any atom is 0.121 e. The fourth-order valence-electron chi connectivity index (χ4n) is 3.77. The first kappa shape index (κ1) is 26.4. The fourth-order valence-corrected chi connectivity index (χ4v) is 3.77. The third kappa shape index (κ3) is 7.08. The van der Waals surface area contributed by atoms with Crippen molar-refractivity contribution in [3.63, 3.8) is 0 Å². The summed E-state index contributed by atoms with van der Waals surface area (Å²) in [7, 11) is 3.41. The molecule has 0 aliphatic carbocycles. The van der Waals surface area contributed by atoms with Gasteiger partial charge in [-0.15, -0.1) is 0 Å². The van der Waals surface area contributed by atoms with Gasteiger partial charge in [-0.25, -0.2) is 0 Å². The minimum absolute atomic E-state index is 0.941. The van der Waals surface area contributed by atoms with E-state index in [-0.39, 0.29) is 0 Å². The highest BCUT2D eigenvalue weighted by atomic mass is 16.5. The van der Waals surface area contributed by atoms with Crippen molar-refractivity contribution in [3.8, 4) is 33.8 Å². The normalized spacial score (nSPS) is 9.71. The van der Waals surface area contributed by atoms with Crippen LogP contribution < -0.4 is 9.47 Å². The van der Waals surface area contributed by atoms with Gasteiger partial charge < -0.3 is 14.3 Å². The Hall–Kier alpha value is -3.85. The first-order valence-corrected chi connectivity index (χ1v) is 11.1. The van der Waals surface area contributed by atoms with Crippen molar-refractivity contribution in [1.82, 2.24) is 0 Å². The van der Waals surface area contributed by atoms with Crippen LogP contribution in [-0.2, 0) is 4.79 Å². The maximum absolute atomic E-state index is 8.00. The van der Waals surface area contributed by atoms with E-state index < -0.39 is 0 Å². The second kappa shape index (κ2) is 13.0. The predicted molar refractivity (Wildman–Crippen MR) is 143 cm³/mol. The average molecular weight is 455 g/mol. The van der Waals surface area contributed by atoms with Gasteiger partial charge in [0.15, 0.2) is 0 Å². The first-order chi connectivity index (χ1) is 16.4. The SMILES string of the molecule is C=O.COc1ccc(-c2cccc(C)c2)cc1C.COc1ccc(-c2cccc(C)c2)cc1C. The van der Waals surface area contributed by atoms with Gasteiger partial charge in [0.05, 0.1) is 14.2 Å². The molecule has 0 aromatic heterocycles. The lowest BCUT2D eigenvalue weighted by Crippen LogP contribution is -1.87. The summed E-state index contributed by atoms with van der Waals surface area (Å²) in [6, 6.07) is 29.6. The third-order valence-electron chi connectivity index (χ3n) is 5.49. The first-order valence-electron chi connectivity index (χ1n) is 11.1. The molecule has 3 heteroatoms. The molecule has 0 aliphatic heterocycles. The lowest BCUT2D eigenvalue weighted by atomic mass is 10.0. The van der Waals surface area contributed by atoms with Gasteiger partial charge in [0.1, 0.15) is 18.3 Å². The van der Waals surface area contributed by atoms with Crippen molar-refractivity contribution in [2.75, 3.05) is 14.2 Å². The Morgan fingerprint density at radius 1 is 0.500 bits per heavy atom. The van der Waals surface area contributed by atoms with Crippen LogP contribution in [0.3, 0.4) is 0 Å². The topological polar surface area (TPSA) is 35.5 Å². The van der Waals surface area contributed by atoms with E-state index in [1.165, 1.54) is 44.5 Å². The predicted octanol–water partition coefficient (Wildman–Crippen LogP) is 7.77. The maximum atomic E-state index is 8.00. The number of hydrogen-bond donors (Lipinski definition) is 0. The zero-order chi connectivity index (χ0) is 25.1. The van der Waals surface area contributed by atoms with Gasteiger partial charge in [0, 0.05) is 0 Å². The van der Waals surface area contributed by atoms with Crippen molar-refractivity contribution in [3.05, 3.63) is 107 Å². The van der Waals surface area contributed by atoms with E-state index in [1.54, 1.807) is 14.2 Å². The highest BCUT2D eigenvalue weighted by molar-refractivity contribution is 5.67. The van der Waals surface area contributed by atoms with E-state index in [0.29, 0.717) is 0 Å². The molecule has 4 aromatic carbocycles. The molecule has 0 aliphatic rings. The summed E-state index contributed by atoms with van der Waals surface area (Å²) in [6.45, 7) is 10.4. The molecule has 4 aromatic rings. The number of carbonyl (C=O) groups excluding carboxylic acids is 1. The summed E-state index contributed by atoms with van der Waals surface area (Å²) in [5.41, 5.74) is 9.89. The zero-order valence-corrected chi connectivity index (χ0v) is 21.0. The van der Waals surface area contributed by atoms with Crippen LogP contribution in [0.4, 0.5) is 0 Å². The molecular formula is C31H34O3. The molecule has 0 saturated heterocycles. The summed E-state index contributed by atoms with van der Waals surface area (Å²) in [6.07, 6.45) is 0. The van der Waals surface area contributed by atoms with Crippen molar-refractivity contribution >= 4 is 6.79 Å². The lowest BCUT2D eigenvalue weighted by molar-refractivity contribution is -0.0979. The Labute approximate surface area is 204 Å². The molecule has 3 nitrogen and oxygen atoms in total. The van der Waals surface area contributed by atoms with E-state index >= 15 is 0 Å². The molecule has 34 heavy (non-hydrogen) atoms. The van der Waals surface area contributed by atoms with E-state index in [4.69, 9.17) is 14.3 Å². The van der Waals surface area contributed by atoms with Crippen LogP contribution in [0.1, 0.15) is 22.3 Å². The smallest absolute Gasteiger partial charge is 0.121 e. The van der Waals surface area contributed by atoms with E-state index in [9.17, 15) is 0 Å². The van der Waals surface area contributed by atoms with Crippen LogP contribution in [-0.4, -0.2) is 21.0 Å². The van der Waals surface area contributed by atoms with Gasteiger partial charge in [-0.3, -0.25) is 0 Å². The van der Waals surface area contributed by atoms with Crippen molar-refractivity contribution in [2.45, 2.75) is 27.7 Å². The number of ether oxygens (including phenoxy) is 2. The molecule has 0 unspecified atom stereocenters. The Kier molecular flexibility index (Phi) is 10.1. The molecule has 0 saturated carbocycles. The molecule has 0 bridgehead atoms. The molecule has 0 N–H and O–H groups in total. The average Bonchev–Trinajstić information content (AvgIpc) is 2.85. The third-order valence-corrected chi connectivity index (χ3v) is 5.49. The van der Waals surface area contributed by atoms with Crippen LogP contribution in [0.25, 0.3) is 22.3 Å². The molecular weight excluding hydrogens is 420 g/mol. The molecule has 0 amide bonds. The van der Waals surface area contributed by atoms with E-state index in [2.05, 4.69) is 100 Å². The summed E-state index contributed by atoms with van der Waals surface area (Å²) in [5.74, 6) is 1.88. The van der Waals surface area contributed by atoms with Crippen LogP contribution in [0.2, 0.25) is 0 Å². The van der Waals surface area contributed by atoms with Gasteiger partial charge in [0.2, 0.25) is 0 Å². The van der Waals surface area contributed by atoms with Gasteiger partial charge in [-0.2, -0.15) is 0 Å². The van der Waals surface area contributed by atoms with Gasteiger partial charge in [-0.1, -0.05) is 71.8 Å². The Morgan fingerprint density at radius 2 is 0.853 bits per heavy atom. The van der Waals surface area contributed by atoms with Crippen molar-refractivity contribution in [1.29, 1.82) is 0 Å². The minimum Gasteiger partial charge on any atom is -0.496 e. The Bertz CT molecular complexity index is 1120. The van der Waals surface area contributed by atoms with E-state index in [0.717, 1.165) is 11.5 Å². The standard InChI is InChI=1S/2C15H16O.CH2O/c2*1-11-5-4-6-13(9-11)14-7-8-15(16-3)12(2)10-14;1-2/h2*4-10H,1-3H3;1H2. The van der Waals surface area contributed by atoms with Gasteiger partial charge >= 0.3 is 0 Å². The molecule has 0 radical (unpaired) electrons. The summed E-state index contributed by atoms with van der Waals surface area (Å²) >= 11 is 0. The quantitative estimate of drug-likeness (QED) is 0.316. The van der Waals surface area contributed by atoms with Crippen molar-refractivity contribution in [2.24, 2.45) is 0 Å². The second-order valence-corrected chi connectivity index (χ2v) is 8.11. The lowest BCUT2D eigenvalue weighted by Gasteiger charge is -2.08. The van der Waals surface area contributed by atoms with E-state index in [1.807, 2.05) is 18.9 Å². The fraction of sp³-hybridized carbons (Fsp3) is 0.194. The highest BCUT2D eigenvalue weighted by Gasteiger charge is 2.03. The number of methoxy groups -OCH3 is 2. The molecule has 0 atom stereocenters. The number of carbonyl (C=O) groups is 1. The number of benzene rings is 4. The molecule has 4 rings (SSSR count). The zero-order valence-electron chi connectivity index (χ0n) is 21.0. The van der Waals surface area contributed by atoms with Crippen LogP contribution in [0.5, 0.6) is 11.5 Å². The highest BCUT2D eigenvalue weighted by Crippen LogP contribution is 2.27. The van der Waals surface area contributed by atoms with Crippen molar-refractivity contribution < 1.29 is 14.3 Å². The summed E-state index contributed by atoms with van der Waals surface area (Å²) in [4.78, 5) is 8.00. The van der Waals surface area contributed by atoms with Crippen LogP contribution >= 0.6 is 0 Å². The van der Waals surface area contributed by atoms with Crippen LogP contribution in [0.15, 0.2) is 84.9 Å². The molecule has 0 heterocycles. The second-order valence-electron chi connectivity index (χ2n) is 8.11. The molecule has 0 fully saturated rings. The molecule has 0 spiro atoms. The number of rotatable bonds is 4. The Balaban J connectivity index is 0.000000224. The summed E-state index contributed by atoms with van der Waals surface area (Å²) < 4.78 is 10.5. The number of hydrogen-bond acceptors (Lipinski definition) is 3. The van der Waals surface area contributed by atoms with Gasteiger partial charge in [0.25, 0.3) is 0 Å². The number of aryl methyl sites for hydroxylation is 4. The minimum atomic E-state index is 0.941. The van der Waals surface area contributed by atoms with Crippen LogP contribution in [0, 0.1) is 27.7 Å². The van der Waals surface area contributed by atoms with Gasteiger partial charge in [-0.05, 0) is 85.3 Å². The Morgan fingerprint density at radius 3 is 1.15 bits per heavy atom. The largest absolute Gasteiger partial charge is 0.496 e. The molecule has 176 valence electrons. The monoisotopic (exact) mass is 454 g/mol. The summed E-state index contributed by atoms with van der Waals surface area (Å²) in [5, 5.41) is 0.